The minimum atomic E-state index is 0.392. The largest absolute Gasteiger partial charge is 0.337 e. The first kappa shape index (κ1) is 15.3. The molecule has 0 bridgehead atoms. The van der Waals surface area contributed by atoms with Crippen LogP contribution in [-0.2, 0) is 6.42 Å². The summed E-state index contributed by atoms with van der Waals surface area (Å²) in [6.45, 7) is 9.60. The first-order chi connectivity index (χ1) is 11.8. The van der Waals surface area contributed by atoms with Crippen LogP contribution in [0.2, 0.25) is 0 Å². The van der Waals surface area contributed by atoms with Crippen molar-refractivity contribution in [3.63, 3.8) is 0 Å². The predicted molar refractivity (Wildman–Crippen MR) is 95.9 cm³/mol. The van der Waals surface area contributed by atoms with Crippen LogP contribution in [0.1, 0.15) is 19.4 Å². The van der Waals surface area contributed by atoms with E-state index in [1.165, 1.54) is 11.3 Å². The van der Waals surface area contributed by atoms with E-state index in [-0.39, 0.29) is 0 Å². The molecule has 4 rings (SSSR count). The zero-order chi connectivity index (χ0) is 16.5. The predicted octanol–water partition coefficient (Wildman–Crippen LogP) is 2.10. The minimum Gasteiger partial charge on any atom is -0.337 e. The van der Waals surface area contributed by atoms with E-state index in [0.717, 1.165) is 50.9 Å². The number of anilines is 3. The molecule has 2 aliphatic rings. The number of nitrogens with zero attached hydrogens (tertiary/aromatic N) is 6. The van der Waals surface area contributed by atoms with Gasteiger partial charge in [-0.05, 0) is 31.5 Å². The summed E-state index contributed by atoms with van der Waals surface area (Å²) >= 11 is 0. The fourth-order valence-electron chi connectivity index (χ4n) is 3.71. The summed E-state index contributed by atoms with van der Waals surface area (Å²) in [4.78, 5) is 11.8. The second kappa shape index (κ2) is 6.36. The van der Waals surface area contributed by atoms with Crippen LogP contribution in [0.25, 0.3) is 0 Å². The van der Waals surface area contributed by atoms with Gasteiger partial charge in [0.2, 0.25) is 5.95 Å². The Kier molecular flexibility index (Phi) is 4.06. The summed E-state index contributed by atoms with van der Waals surface area (Å²) in [6.07, 6.45) is 2.83. The van der Waals surface area contributed by atoms with Crippen LogP contribution in [0.15, 0.2) is 30.5 Å². The van der Waals surface area contributed by atoms with Gasteiger partial charge in [0.25, 0.3) is 0 Å². The Balaban J connectivity index is 1.60. The molecule has 1 atom stereocenters. The molecule has 1 unspecified atom stereocenters. The maximum absolute atomic E-state index is 4.84. The van der Waals surface area contributed by atoms with Crippen molar-refractivity contribution in [3.8, 4) is 0 Å². The second-order valence-electron chi connectivity index (χ2n) is 6.59. The fraction of sp³-hybridized carbons (Fsp3) is 0.500. The number of piperazine rings is 1. The molecule has 0 N–H and O–H groups in total. The monoisotopic (exact) mass is 324 g/mol. The van der Waals surface area contributed by atoms with Crippen molar-refractivity contribution in [1.29, 1.82) is 0 Å². The lowest BCUT2D eigenvalue weighted by atomic mass is 10.1. The molecule has 2 aromatic rings. The molecule has 24 heavy (non-hydrogen) atoms. The van der Waals surface area contributed by atoms with Crippen molar-refractivity contribution < 1.29 is 0 Å². The SMILES string of the molecule is CCN1CCN(c2nncc(N3c4ccccc4CC3C)n2)CC1. The van der Waals surface area contributed by atoms with Gasteiger partial charge in [-0.3, -0.25) is 0 Å². The molecular formula is C18H24N6. The molecule has 0 saturated carbocycles. The lowest BCUT2D eigenvalue weighted by Gasteiger charge is -2.34. The summed E-state index contributed by atoms with van der Waals surface area (Å²) in [5.74, 6) is 1.65. The van der Waals surface area contributed by atoms with E-state index in [1.807, 2.05) is 0 Å². The van der Waals surface area contributed by atoms with E-state index in [2.05, 4.69) is 63.0 Å². The third kappa shape index (κ3) is 2.71. The quantitative estimate of drug-likeness (QED) is 0.862. The maximum atomic E-state index is 4.84. The molecule has 2 aliphatic heterocycles. The molecule has 6 heteroatoms. The Hall–Kier alpha value is -2.21. The fourth-order valence-corrected chi connectivity index (χ4v) is 3.71. The van der Waals surface area contributed by atoms with Crippen LogP contribution in [0.5, 0.6) is 0 Å². The number of hydrogen-bond acceptors (Lipinski definition) is 6. The molecule has 1 aromatic carbocycles. The van der Waals surface area contributed by atoms with Gasteiger partial charge in [-0.1, -0.05) is 25.1 Å². The highest BCUT2D eigenvalue weighted by molar-refractivity contribution is 5.68. The van der Waals surface area contributed by atoms with Crippen LogP contribution in [0.3, 0.4) is 0 Å². The Morgan fingerprint density at radius 1 is 1.12 bits per heavy atom. The van der Waals surface area contributed by atoms with Crippen molar-refractivity contribution >= 4 is 17.5 Å². The van der Waals surface area contributed by atoms with Crippen molar-refractivity contribution in [2.24, 2.45) is 0 Å². The van der Waals surface area contributed by atoms with Gasteiger partial charge in [-0.2, -0.15) is 10.1 Å². The number of aromatic nitrogens is 3. The number of likely N-dealkylation sites (N-methyl/N-ethyl adjacent to an activating group) is 1. The molecule has 0 radical (unpaired) electrons. The van der Waals surface area contributed by atoms with Gasteiger partial charge >= 0.3 is 0 Å². The van der Waals surface area contributed by atoms with Crippen LogP contribution in [0, 0.1) is 0 Å². The first-order valence-corrected chi connectivity index (χ1v) is 8.80. The van der Waals surface area contributed by atoms with Crippen LogP contribution in [-0.4, -0.2) is 58.8 Å². The van der Waals surface area contributed by atoms with Crippen molar-refractivity contribution in [1.82, 2.24) is 20.1 Å². The Morgan fingerprint density at radius 2 is 1.92 bits per heavy atom. The topological polar surface area (TPSA) is 48.4 Å². The molecule has 1 fully saturated rings. The van der Waals surface area contributed by atoms with Crippen LogP contribution >= 0.6 is 0 Å². The standard InChI is InChI=1S/C18H24N6/c1-3-22-8-10-23(11-9-22)18-20-17(13-19-21-18)24-14(2)12-15-6-4-5-7-16(15)24/h4-7,13-14H,3,8-12H2,1-2H3. The number of fused-ring (bicyclic) bond motifs is 1. The van der Waals surface area contributed by atoms with Gasteiger partial charge in [-0.25, -0.2) is 0 Å². The highest BCUT2D eigenvalue weighted by atomic mass is 15.4. The number of hydrogen-bond donors (Lipinski definition) is 0. The molecule has 0 spiro atoms. The van der Waals surface area contributed by atoms with Gasteiger partial charge in [0, 0.05) is 37.9 Å². The van der Waals surface area contributed by atoms with E-state index in [1.54, 1.807) is 6.20 Å². The average Bonchev–Trinajstić information content (AvgIpc) is 2.97. The first-order valence-electron chi connectivity index (χ1n) is 8.80. The van der Waals surface area contributed by atoms with Crippen molar-refractivity contribution in [2.75, 3.05) is 42.5 Å². The third-order valence-corrected chi connectivity index (χ3v) is 5.09. The summed E-state index contributed by atoms with van der Waals surface area (Å²) in [5.41, 5.74) is 2.62. The number of rotatable bonds is 3. The smallest absolute Gasteiger partial charge is 0.247 e. The van der Waals surface area contributed by atoms with Gasteiger partial charge in [0.15, 0.2) is 5.82 Å². The molecule has 6 nitrogen and oxygen atoms in total. The Bertz CT molecular complexity index is 710. The second-order valence-corrected chi connectivity index (χ2v) is 6.59. The molecule has 0 aliphatic carbocycles. The lowest BCUT2D eigenvalue weighted by Crippen LogP contribution is -2.47. The highest BCUT2D eigenvalue weighted by Crippen LogP contribution is 2.37. The molecule has 1 aromatic heterocycles. The zero-order valence-corrected chi connectivity index (χ0v) is 14.4. The summed E-state index contributed by atoms with van der Waals surface area (Å²) in [7, 11) is 0. The van der Waals surface area contributed by atoms with Crippen LogP contribution < -0.4 is 9.80 Å². The summed E-state index contributed by atoms with van der Waals surface area (Å²) in [6, 6.07) is 8.95. The normalized spacial score (nSPS) is 21.2. The van der Waals surface area contributed by atoms with E-state index in [0.29, 0.717) is 6.04 Å². The van der Waals surface area contributed by atoms with Gasteiger partial charge < -0.3 is 14.7 Å². The summed E-state index contributed by atoms with van der Waals surface area (Å²) < 4.78 is 0. The Labute approximate surface area is 143 Å². The minimum absolute atomic E-state index is 0.392. The molecule has 126 valence electrons. The van der Waals surface area contributed by atoms with E-state index < -0.39 is 0 Å². The third-order valence-electron chi connectivity index (χ3n) is 5.09. The number of benzene rings is 1. The summed E-state index contributed by atoms with van der Waals surface area (Å²) in [5, 5.41) is 8.53. The molecule has 0 amide bonds. The van der Waals surface area contributed by atoms with Crippen LogP contribution in [0.4, 0.5) is 17.5 Å². The maximum Gasteiger partial charge on any atom is 0.247 e. The number of para-hydroxylation sites is 1. The Morgan fingerprint density at radius 3 is 2.71 bits per heavy atom. The van der Waals surface area contributed by atoms with E-state index in [9.17, 15) is 0 Å². The molecular weight excluding hydrogens is 300 g/mol. The van der Waals surface area contributed by atoms with E-state index in [4.69, 9.17) is 4.98 Å². The van der Waals surface area contributed by atoms with Crippen molar-refractivity contribution in [3.05, 3.63) is 36.0 Å². The van der Waals surface area contributed by atoms with Gasteiger partial charge in [0.1, 0.15) is 0 Å². The van der Waals surface area contributed by atoms with Gasteiger partial charge in [0.05, 0.1) is 6.20 Å². The van der Waals surface area contributed by atoms with Crippen molar-refractivity contribution in [2.45, 2.75) is 26.3 Å². The lowest BCUT2D eigenvalue weighted by molar-refractivity contribution is 0.269. The molecule has 1 saturated heterocycles. The highest BCUT2D eigenvalue weighted by Gasteiger charge is 2.29. The molecule has 3 heterocycles. The van der Waals surface area contributed by atoms with E-state index >= 15 is 0 Å². The average molecular weight is 324 g/mol. The zero-order valence-electron chi connectivity index (χ0n) is 14.4. The van der Waals surface area contributed by atoms with Gasteiger partial charge in [-0.15, -0.1) is 5.10 Å².